The highest BCUT2D eigenvalue weighted by atomic mass is 19.4. The third kappa shape index (κ3) is 8.14. The number of halogens is 4. The Labute approximate surface area is 197 Å². The van der Waals surface area contributed by atoms with E-state index in [-0.39, 0.29) is 23.9 Å². The van der Waals surface area contributed by atoms with Crippen LogP contribution in [0, 0.1) is 12.7 Å². The van der Waals surface area contributed by atoms with Crippen molar-refractivity contribution in [1.29, 1.82) is 0 Å². The first kappa shape index (κ1) is 25.2. The fourth-order valence-electron chi connectivity index (χ4n) is 2.86. The topological polar surface area (TPSA) is 91.8 Å². The highest BCUT2D eigenvalue weighted by Gasteiger charge is 2.30. The van der Waals surface area contributed by atoms with E-state index in [1.165, 1.54) is 30.3 Å². The van der Waals surface area contributed by atoms with Crippen LogP contribution in [0.5, 0.6) is 5.75 Å². The molecule has 11 heteroatoms. The second-order valence-electron chi connectivity index (χ2n) is 7.26. The Hall–Kier alpha value is -4.41. The number of hydrogen-bond donors (Lipinski definition) is 3. The summed E-state index contributed by atoms with van der Waals surface area (Å²) in [6.07, 6.45) is -4.83. The van der Waals surface area contributed by atoms with Crippen molar-refractivity contribution >= 4 is 23.3 Å². The summed E-state index contributed by atoms with van der Waals surface area (Å²) in [4.78, 5) is 24.7. The molecule has 0 aliphatic rings. The summed E-state index contributed by atoms with van der Waals surface area (Å²) in [6.45, 7) is 1.76. The van der Waals surface area contributed by atoms with Gasteiger partial charge in [0.05, 0.1) is 12.3 Å². The fraction of sp³-hybridized carbons (Fsp3) is 0.125. The Morgan fingerprint density at radius 3 is 2.26 bits per heavy atom. The lowest BCUT2D eigenvalue weighted by molar-refractivity contribution is -0.274. The van der Waals surface area contributed by atoms with Crippen molar-refractivity contribution in [1.82, 2.24) is 10.7 Å². The molecule has 0 spiro atoms. The first-order chi connectivity index (χ1) is 16.6. The molecule has 0 aromatic heterocycles. The molecule has 0 bridgehead atoms. The third-order valence-corrected chi connectivity index (χ3v) is 4.53. The van der Waals surface area contributed by atoms with E-state index >= 15 is 0 Å². The maximum Gasteiger partial charge on any atom is 0.573 e. The molecule has 35 heavy (non-hydrogen) atoms. The van der Waals surface area contributed by atoms with E-state index < -0.39 is 24.0 Å². The normalized spacial score (nSPS) is 11.5. The third-order valence-electron chi connectivity index (χ3n) is 4.53. The van der Waals surface area contributed by atoms with Crippen LogP contribution in [0.25, 0.3) is 0 Å². The van der Waals surface area contributed by atoms with Crippen LogP contribution in [0.1, 0.15) is 21.5 Å². The molecule has 7 nitrogen and oxygen atoms in total. The van der Waals surface area contributed by atoms with Crippen LogP contribution in [0.15, 0.2) is 77.9 Å². The molecule has 0 aliphatic heterocycles. The van der Waals surface area contributed by atoms with Gasteiger partial charge < -0.3 is 15.4 Å². The Kier molecular flexibility index (Phi) is 8.03. The summed E-state index contributed by atoms with van der Waals surface area (Å²) < 4.78 is 54.3. The average Bonchev–Trinajstić information content (AvgIpc) is 2.79. The zero-order valence-corrected chi connectivity index (χ0v) is 18.3. The van der Waals surface area contributed by atoms with Gasteiger partial charge >= 0.3 is 12.4 Å². The Bertz CT molecular complexity index is 1210. The molecule has 0 heterocycles. The number of ether oxygens (including phenoxy) is 1. The van der Waals surface area contributed by atoms with Crippen molar-refractivity contribution in [2.24, 2.45) is 5.10 Å². The lowest BCUT2D eigenvalue weighted by Gasteiger charge is -2.11. The predicted molar refractivity (Wildman–Crippen MR) is 122 cm³/mol. The molecular formula is C24H20F4N4O3. The number of anilines is 1. The first-order valence-electron chi connectivity index (χ1n) is 10.2. The molecule has 0 radical (unpaired) electrons. The number of nitrogens with one attached hydrogen (secondary N) is 3. The molecule has 3 amide bonds. The molecule has 3 aromatic rings. The largest absolute Gasteiger partial charge is 0.573 e. The summed E-state index contributed by atoms with van der Waals surface area (Å²) in [7, 11) is 0. The number of nitrogens with zero attached hydrogens (tertiary/aromatic N) is 1. The molecule has 0 atom stereocenters. The summed E-state index contributed by atoms with van der Waals surface area (Å²) in [5.41, 5.74) is 4.28. The molecule has 3 aromatic carbocycles. The van der Waals surface area contributed by atoms with Crippen LogP contribution in [0.3, 0.4) is 0 Å². The van der Waals surface area contributed by atoms with Crippen LogP contribution in [-0.4, -0.2) is 30.6 Å². The first-order valence-corrected chi connectivity index (χ1v) is 10.2. The van der Waals surface area contributed by atoms with Gasteiger partial charge in [0.1, 0.15) is 11.6 Å². The predicted octanol–water partition coefficient (Wildman–Crippen LogP) is 4.99. The second-order valence-corrected chi connectivity index (χ2v) is 7.26. The molecule has 0 unspecified atom stereocenters. The summed E-state index contributed by atoms with van der Waals surface area (Å²) in [6, 6.07) is 16.0. The molecule has 0 aliphatic carbocycles. The van der Waals surface area contributed by atoms with Gasteiger partial charge in [0.2, 0.25) is 0 Å². The van der Waals surface area contributed by atoms with E-state index in [9.17, 15) is 27.2 Å². The smallest absolute Gasteiger partial charge is 0.406 e. The van der Waals surface area contributed by atoms with Gasteiger partial charge in [-0.15, -0.1) is 13.2 Å². The Balaban J connectivity index is 1.67. The van der Waals surface area contributed by atoms with E-state index in [4.69, 9.17) is 0 Å². The SMILES string of the molecule is Cc1ccc(C(=O)NC/C(=N/NC(=O)Nc2ccc(OC(F)(F)F)cc2)c2cccc(F)c2)cc1. The molecule has 0 saturated heterocycles. The highest BCUT2D eigenvalue weighted by Crippen LogP contribution is 2.23. The van der Waals surface area contributed by atoms with Crippen molar-refractivity contribution in [3.8, 4) is 5.75 Å². The van der Waals surface area contributed by atoms with Crippen molar-refractivity contribution in [2.45, 2.75) is 13.3 Å². The van der Waals surface area contributed by atoms with Crippen molar-refractivity contribution < 1.29 is 31.9 Å². The Morgan fingerprint density at radius 2 is 1.63 bits per heavy atom. The summed E-state index contributed by atoms with van der Waals surface area (Å²) >= 11 is 0. The number of benzene rings is 3. The van der Waals surface area contributed by atoms with E-state index in [1.807, 2.05) is 6.92 Å². The van der Waals surface area contributed by atoms with Crippen LogP contribution in [-0.2, 0) is 0 Å². The standard InChI is InChI=1S/C24H20F4N4O3/c1-15-5-7-16(8-6-15)22(33)29-14-21(17-3-2-4-18(25)13-17)31-32-23(34)30-19-9-11-20(12-10-19)35-24(26,27)28/h2-13H,14H2,1H3,(H,29,33)(H2,30,32,34)/b31-21-. The molecule has 182 valence electrons. The number of rotatable bonds is 7. The van der Waals surface area contributed by atoms with Crippen molar-refractivity contribution in [3.63, 3.8) is 0 Å². The maximum atomic E-state index is 13.7. The molecule has 0 fully saturated rings. The monoisotopic (exact) mass is 488 g/mol. The number of hydrazone groups is 1. The van der Waals surface area contributed by atoms with Gasteiger partial charge in [0, 0.05) is 16.8 Å². The zero-order chi connectivity index (χ0) is 25.4. The minimum atomic E-state index is -4.83. The van der Waals surface area contributed by atoms with Crippen LogP contribution >= 0.6 is 0 Å². The second kappa shape index (κ2) is 11.1. The van der Waals surface area contributed by atoms with Gasteiger partial charge in [0.25, 0.3) is 5.91 Å². The number of carbonyl (C=O) groups excluding carboxylic acids is 2. The highest BCUT2D eigenvalue weighted by molar-refractivity contribution is 6.05. The number of urea groups is 1. The zero-order valence-electron chi connectivity index (χ0n) is 18.3. The van der Waals surface area contributed by atoms with E-state index in [0.717, 1.165) is 17.7 Å². The number of aryl methyl sites for hydroxylation is 1. The quantitative estimate of drug-likeness (QED) is 0.249. The maximum absolute atomic E-state index is 13.7. The number of alkyl halides is 3. The lowest BCUT2D eigenvalue weighted by Crippen LogP contribution is -2.33. The van der Waals surface area contributed by atoms with E-state index in [1.54, 1.807) is 30.3 Å². The van der Waals surface area contributed by atoms with Gasteiger partial charge in [0.15, 0.2) is 0 Å². The average molecular weight is 488 g/mol. The minimum absolute atomic E-state index is 0.125. The summed E-state index contributed by atoms with van der Waals surface area (Å²) in [5.74, 6) is -1.37. The van der Waals surface area contributed by atoms with Gasteiger partial charge in [-0.25, -0.2) is 14.6 Å². The van der Waals surface area contributed by atoms with Gasteiger partial charge in [-0.3, -0.25) is 4.79 Å². The van der Waals surface area contributed by atoms with Crippen molar-refractivity contribution in [2.75, 3.05) is 11.9 Å². The van der Waals surface area contributed by atoms with Crippen LogP contribution < -0.4 is 20.8 Å². The fourth-order valence-corrected chi connectivity index (χ4v) is 2.86. The number of hydrogen-bond acceptors (Lipinski definition) is 4. The van der Waals surface area contributed by atoms with E-state index in [2.05, 4.69) is 25.9 Å². The van der Waals surface area contributed by atoms with E-state index in [0.29, 0.717) is 11.1 Å². The van der Waals surface area contributed by atoms with Gasteiger partial charge in [-0.1, -0.05) is 29.8 Å². The van der Waals surface area contributed by atoms with Crippen molar-refractivity contribution in [3.05, 3.63) is 95.3 Å². The molecule has 3 N–H and O–H groups in total. The Morgan fingerprint density at radius 1 is 0.943 bits per heavy atom. The molecule has 3 rings (SSSR count). The lowest BCUT2D eigenvalue weighted by atomic mass is 10.1. The molecular weight excluding hydrogens is 468 g/mol. The van der Waals surface area contributed by atoms with Crippen LogP contribution in [0.2, 0.25) is 0 Å². The number of carbonyl (C=O) groups is 2. The van der Waals surface area contributed by atoms with Crippen LogP contribution in [0.4, 0.5) is 28.0 Å². The molecule has 0 saturated carbocycles. The van der Waals surface area contributed by atoms with Gasteiger partial charge in [-0.05, 0) is 55.5 Å². The number of amides is 3. The van der Waals surface area contributed by atoms with Gasteiger partial charge in [-0.2, -0.15) is 5.10 Å². The summed E-state index contributed by atoms with van der Waals surface area (Å²) in [5, 5.41) is 9.03. The minimum Gasteiger partial charge on any atom is -0.406 e.